The van der Waals surface area contributed by atoms with E-state index in [1.165, 1.54) is 0 Å². The number of fused-ring (bicyclic) bond motifs is 2. The van der Waals surface area contributed by atoms with Crippen LogP contribution in [-0.4, -0.2) is 32.5 Å². The maximum absolute atomic E-state index is 11.6. The Morgan fingerprint density at radius 2 is 2.03 bits per heavy atom. The number of nitrogens with one attached hydrogen (secondary N) is 1. The molecule has 0 spiro atoms. The van der Waals surface area contributed by atoms with Crippen molar-refractivity contribution in [2.75, 3.05) is 11.2 Å². The van der Waals surface area contributed by atoms with Crippen molar-refractivity contribution >= 4 is 50.1 Å². The van der Waals surface area contributed by atoms with Gasteiger partial charge >= 0.3 is 5.97 Å². The Morgan fingerprint density at radius 3 is 2.84 bits per heavy atom. The lowest BCUT2D eigenvalue weighted by atomic mass is 10.0. The zero-order valence-electron chi connectivity index (χ0n) is 17.3. The Morgan fingerprint density at radius 1 is 1.16 bits per heavy atom. The van der Waals surface area contributed by atoms with Crippen LogP contribution >= 0.6 is 23.1 Å². The summed E-state index contributed by atoms with van der Waals surface area (Å²) in [4.78, 5) is 21.8. The first-order chi connectivity index (χ1) is 15.6. The van der Waals surface area contributed by atoms with Gasteiger partial charge in [0.25, 0.3) is 0 Å². The summed E-state index contributed by atoms with van der Waals surface area (Å²) >= 11 is 3.37. The van der Waals surface area contributed by atoms with Crippen molar-refractivity contribution in [2.24, 2.45) is 5.10 Å². The summed E-state index contributed by atoms with van der Waals surface area (Å²) in [5.41, 5.74) is 8.48. The molecule has 0 bridgehead atoms. The third-order valence-corrected chi connectivity index (χ3v) is 7.34. The van der Waals surface area contributed by atoms with E-state index in [1.807, 2.05) is 49.4 Å². The molecule has 2 aromatic carbocycles. The molecule has 3 heterocycles. The molecular formula is C24H20N4O2S2. The summed E-state index contributed by atoms with van der Waals surface area (Å²) in [6.45, 7) is 1.93. The van der Waals surface area contributed by atoms with Gasteiger partial charge in [-0.25, -0.2) is 14.8 Å². The first kappa shape index (κ1) is 20.7. The second kappa shape index (κ2) is 8.72. The largest absolute Gasteiger partial charge is 0.477 e. The van der Waals surface area contributed by atoms with Crippen molar-refractivity contribution < 1.29 is 9.90 Å². The molecule has 0 fully saturated rings. The molecule has 1 aliphatic rings. The van der Waals surface area contributed by atoms with E-state index in [-0.39, 0.29) is 5.69 Å². The third kappa shape index (κ3) is 3.99. The number of carbonyl (C=O) groups is 1. The Bertz CT molecular complexity index is 1330. The van der Waals surface area contributed by atoms with Crippen LogP contribution in [-0.2, 0) is 6.42 Å². The van der Waals surface area contributed by atoms with Gasteiger partial charge in [-0.05, 0) is 42.3 Å². The topological polar surface area (TPSA) is 87.5 Å². The van der Waals surface area contributed by atoms with Crippen LogP contribution in [0.25, 0.3) is 21.5 Å². The predicted molar refractivity (Wildman–Crippen MR) is 131 cm³/mol. The van der Waals surface area contributed by atoms with E-state index < -0.39 is 5.97 Å². The molecule has 2 N–H and O–H groups in total. The fourth-order valence-electron chi connectivity index (χ4n) is 3.70. The van der Waals surface area contributed by atoms with E-state index in [0.717, 1.165) is 54.8 Å². The number of aromatic carboxylic acids is 1. The van der Waals surface area contributed by atoms with E-state index in [1.54, 1.807) is 23.1 Å². The van der Waals surface area contributed by atoms with Crippen LogP contribution in [0.5, 0.6) is 0 Å². The number of carboxylic acid groups (broad SMARTS) is 1. The van der Waals surface area contributed by atoms with E-state index in [9.17, 15) is 9.90 Å². The molecule has 1 aliphatic heterocycles. The van der Waals surface area contributed by atoms with Crippen molar-refractivity contribution in [2.45, 2.75) is 24.7 Å². The summed E-state index contributed by atoms with van der Waals surface area (Å²) in [6, 6.07) is 17.9. The number of anilines is 1. The number of hydrogen-bond donors (Lipinski definition) is 2. The van der Waals surface area contributed by atoms with Crippen molar-refractivity contribution in [1.29, 1.82) is 0 Å². The number of thiazole rings is 1. The minimum Gasteiger partial charge on any atom is -0.477 e. The number of hydrazone groups is 1. The molecule has 2 aromatic heterocycles. The fraction of sp³-hybridized carbons (Fsp3) is 0.167. The van der Waals surface area contributed by atoms with Crippen molar-refractivity contribution in [3.8, 4) is 11.3 Å². The molecule has 0 atom stereocenters. The maximum atomic E-state index is 11.6. The third-order valence-electron chi connectivity index (χ3n) is 5.33. The normalized spacial score (nSPS) is 14.5. The van der Waals surface area contributed by atoms with Gasteiger partial charge in [-0.3, -0.25) is 5.43 Å². The molecule has 6 nitrogen and oxygen atoms in total. The van der Waals surface area contributed by atoms with Gasteiger partial charge < -0.3 is 5.11 Å². The van der Waals surface area contributed by atoms with Crippen LogP contribution in [0, 0.1) is 0 Å². The van der Waals surface area contributed by atoms with Gasteiger partial charge in [0.2, 0.25) is 5.13 Å². The lowest BCUT2D eigenvalue weighted by Gasteiger charge is -2.18. The number of thioether (sulfide) groups is 1. The average Bonchev–Trinajstić information content (AvgIpc) is 3.25. The fourth-order valence-corrected chi connectivity index (χ4v) is 5.52. The first-order valence-electron chi connectivity index (χ1n) is 10.3. The minimum absolute atomic E-state index is 0.114. The molecule has 5 rings (SSSR count). The lowest BCUT2D eigenvalue weighted by Crippen LogP contribution is -2.12. The number of hydrogen-bond acceptors (Lipinski definition) is 7. The number of nitrogens with zero attached hydrogens (tertiary/aromatic N) is 3. The Labute approximate surface area is 193 Å². The zero-order chi connectivity index (χ0) is 22.1. The van der Waals surface area contributed by atoms with E-state index in [2.05, 4.69) is 32.6 Å². The zero-order valence-corrected chi connectivity index (χ0v) is 19.0. The summed E-state index contributed by atoms with van der Waals surface area (Å²) in [5, 5.41) is 15.0. The summed E-state index contributed by atoms with van der Waals surface area (Å²) in [6.07, 6.45) is 1.46. The van der Waals surface area contributed by atoms with Crippen LogP contribution < -0.4 is 5.43 Å². The van der Waals surface area contributed by atoms with Crippen LogP contribution in [0.3, 0.4) is 0 Å². The van der Waals surface area contributed by atoms with E-state index >= 15 is 0 Å². The summed E-state index contributed by atoms with van der Waals surface area (Å²) in [7, 11) is 0. The Kier molecular flexibility index (Phi) is 5.63. The molecule has 0 saturated carbocycles. The van der Waals surface area contributed by atoms with Gasteiger partial charge in [0.1, 0.15) is 0 Å². The highest BCUT2D eigenvalue weighted by molar-refractivity contribution is 7.99. The Balaban J connectivity index is 1.49. The highest BCUT2D eigenvalue weighted by Gasteiger charge is 2.19. The number of aromatic nitrogens is 2. The van der Waals surface area contributed by atoms with Gasteiger partial charge in [-0.15, -0.1) is 11.8 Å². The molecule has 0 amide bonds. The monoisotopic (exact) mass is 460 g/mol. The molecule has 0 unspecified atom stereocenters. The molecule has 0 saturated heterocycles. The molecule has 32 heavy (non-hydrogen) atoms. The van der Waals surface area contributed by atoms with Gasteiger partial charge in [-0.1, -0.05) is 42.5 Å². The molecule has 4 aromatic rings. The van der Waals surface area contributed by atoms with Crippen molar-refractivity contribution in [1.82, 2.24) is 9.97 Å². The van der Waals surface area contributed by atoms with E-state index in [4.69, 9.17) is 0 Å². The standard InChI is InChI=1S/C24H20N4O2S2/c1-2-14-7-9-17(25-22(14)23(29)30)15-8-10-20-16(13-15)18(11-12-31-20)27-28-24-26-19-5-3-4-6-21(19)32-24/h3-10,13H,2,11-12H2,1H3,(H,26,28)(H,29,30)/b27-18+. The summed E-state index contributed by atoms with van der Waals surface area (Å²) in [5.74, 6) is -0.0428. The van der Waals surface area contributed by atoms with Gasteiger partial charge in [0, 0.05) is 28.2 Å². The second-order valence-electron chi connectivity index (χ2n) is 7.33. The van der Waals surface area contributed by atoms with Crippen LogP contribution in [0.2, 0.25) is 0 Å². The predicted octanol–water partition coefficient (Wildman–Crippen LogP) is 5.93. The second-order valence-corrected chi connectivity index (χ2v) is 9.50. The maximum Gasteiger partial charge on any atom is 0.354 e. The van der Waals surface area contributed by atoms with Crippen molar-refractivity contribution in [3.63, 3.8) is 0 Å². The Hall–Kier alpha value is -3.23. The van der Waals surface area contributed by atoms with E-state index in [0.29, 0.717) is 12.1 Å². The minimum atomic E-state index is -1.00. The van der Waals surface area contributed by atoms with Gasteiger partial charge in [0.15, 0.2) is 5.69 Å². The van der Waals surface area contributed by atoms with Crippen LogP contribution in [0.1, 0.15) is 35.0 Å². The van der Waals surface area contributed by atoms with Gasteiger partial charge in [-0.2, -0.15) is 5.10 Å². The van der Waals surface area contributed by atoms with Crippen LogP contribution in [0.4, 0.5) is 5.13 Å². The number of benzene rings is 2. The molecular weight excluding hydrogens is 440 g/mol. The molecule has 160 valence electrons. The number of rotatable bonds is 5. The van der Waals surface area contributed by atoms with Crippen LogP contribution in [0.15, 0.2) is 64.6 Å². The lowest BCUT2D eigenvalue weighted by molar-refractivity contribution is 0.0689. The highest BCUT2D eigenvalue weighted by atomic mass is 32.2. The first-order valence-corrected chi connectivity index (χ1v) is 12.1. The number of aryl methyl sites for hydroxylation is 1. The number of pyridine rings is 1. The molecule has 0 radical (unpaired) electrons. The number of carboxylic acids is 1. The highest BCUT2D eigenvalue weighted by Crippen LogP contribution is 2.34. The number of para-hydroxylation sites is 1. The molecule has 8 heteroatoms. The van der Waals surface area contributed by atoms with Gasteiger partial charge in [0.05, 0.1) is 21.6 Å². The summed E-state index contributed by atoms with van der Waals surface area (Å²) < 4.78 is 1.12. The molecule has 0 aliphatic carbocycles. The quantitative estimate of drug-likeness (QED) is 0.359. The average molecular weight is 461 g/mol. The van der Waals surface area contributed by atoms with Crippen molar-refractivity contribution in [3.05, 3.63) is 71.4 Å². The smallest absolute Gasteiger partial charge is 0.354 e. The SMILES string of the molecule is CCc1ccc(-c2ccc3c(c2)/C(=N/Nc2nc4ccccc4s2)CCS3)nc1C(=O)O.